The molecule has 48 heavy (non-hydrogen) atoms. The van der Waals surface area contributed by atoms with E-state index in [1.807, 2.05) is 0 Å². The lowest BCUT2D eigenvalue weighted by Gasteiger charge is -2.15. The minimum Gasteiger partial charge on any atom is -0.462 e. The van der Waals surface area contributed by atoms with Gasteiger partial charge in [-0.15, -0.1) is 0 Å². The SMILES string of the molecule is CC/C=C\C/C=C\C/C=C\CCCCCCCC(=O)OC(CO)COC(=O)CCCCCCCCCCC/C=C\C/C=C\CCCCC. The molecule has 5 nitrogen and oxygen atoms in total. The molecule has 0 aromatic rings. The Morgan fingerprint density at radius 1 is 0.500 bits per heavy atom. The van der Waals surface area contributed by atoms with E-state index in [4.69, 9.17) is 9.47 Å². The fraction of sp³-hybridized carbons (Fsp3) is 0.721. The van der Waals surface area contributed by atoms with E-state index in [0.717, 1.165) is 77.0 Å². The zero-order valence-electron chi connectivity index (χ0n) is 31.2. The average molecular weight is 671 g/mol. The summed E-state index contributed by atoms with van der Waals surface area (Å²) in [5.41, 5.74) is 0. The van der Waals surface area contributed by atoms with Gasteiger partial charge >= 0.3 is 11.9 Å². The monoisotopic (exact) mass is 671 g/mol. The topological polar surface area (TPSA) is 72.8 Å². The van der Waals surface area contributed by atoms with Crippen LogP contribution in [0.15, 0.2) is 60.8 Å². The third-order valence-corrected chi connectivity index (χ3v) is 8.30. The first-order valence-corrected chi connectivity index (χ1v) is 19.8. The maximum atomic E-state index is 12.2. The molecule has 0 rings (SSSR count). The third kappa shape index (κ3) is 36.4. The van der Waals surface area contributed by atoms with Crippen molar-refractivity contribution in [3.8, 4) is 0 Å². The van der Waals surface area contributed by atoms with E-state index < -0.39 is 6.10 Å². The second-order valence-electron chi connectivity index (χ2n) is 13.0. The highest BCUT2D eigenvalue weighted by molar-refractivity contribution is 5.70. The number of esters is 2. The van der Waals surface area contributed by atoms with E-state index in [1.54, 1.807) is 0 Å². The molecular formula is C43H74O5. The standard InChI is InChI=1S/C43H74O5/c1-3-5-7-9-11-13-15-17-19-20-21-22-24-25-27-29-31-33-35-37-42(45)47-40-41(39-44)48-43(46)38-36-34-32-30-28-26-23-18-16-14-12-10-8-6-4-2/h6,8,11-14,17-19,23,41,44H,3-5,7,9-10,15-16,20-22,24-40H2,1-2H3/b8-6-,13-11-,14-12-,19-17-,23-18-. The molecule has 0 aromatic heterocycles. The van der Waals surface area contributed by atoms with Crippen LogP contribution in [0.4, 0.5) is 0 Å². The molecular weight excluding hydrogens is 596 g/mol. The Bertz CT molecular complexity index is 853. The zero-order chi connectivity index (χ0) is 35.0. The highest BCUT2D eigenvalue weighted by atomic mass is 16.6. The van der Waals surface area contributed by atoms with Crippen LogP contribution in [0.5, 0.6) is 0 Å². The van der Waals surface area contributed by atoms with E-state index in [2.05, 4.69) is 74.6 Å². The van der Waals surface area contributed by atoms with Gasteiger partial charge in [0.05, 0.1) is 6.61 Å². The maximum absolute atomic E-state index is 12.2. The van der Waals surface area contributed by atoms with Gasteiger partial charge in [-0.1, -0.05) is 152 Å². The number of ether oxygens (including phenoxy) is 2. The van der Waals surface area contributed by atoms with Crippen LogP contribution in [0.3, 0.4) is 0 Å². The van der Waals surface area contributed by atoms with Gasteiger partial charge in [0.1, 0.15) is 6.61 Å². The summed E-state index contributed by atoms with van der Waals surface area (Å²) in [5.74, 6) is -0.618. The van der Waals surface area contributed by atoms with Crippen LogP contribution in [0.25, 0.3) is 0 Å². The van der Waals surface area contributed by atoms with Gasteiger partial charge in [0.2, 0.25) is 0 Å². The van der Waals surface area contributed by atoms with E-state index in [-0.39, 0.29) is 25.2 Å². The summed E-state index contributed by atoms with van der Waals surface area (Å²) in [5, 5.41) is 9.55. The largest absolute Gasteiger partial charge is 0.462 e. The molecule has 0 saturated carbocycles. The first-order chi connectivity index (χ1) is 23.6. The number of aliphatic hydroxyl groups is 1. The number of carbonyl (C=O) groups excluding carboxylic acids is 2. The molecule has 1 unspecified atom stereocenters. The first-order valence-electron chi connectivity index (χ1n) is 19.8. The molecule has 0 spiro atoms. The smallest absolute Gasteiger partial charge is 0.306 e. The van der Waals surface area contributed by atoms with Crippen molar-refractivity contribution in [1.29, 1.82) is 0 Å². The molecule has 0 saturated heterocycles. The number of unbranched alkanes of at least 4 members (excludes halogenated alkanes) is 17. The molecule has 0 aliphatic heterocycles. The third-order valence-electron chi connectivity index (χ3n) is 8.30. The van der Waals surface area contributed by atoms with E-state index in [0.29, 0.717) is 12.8 Å². The average Bonchev–Trinajstić information content (AvgIpc) is 3.09. The van der Waals surface area contributed by atoms with Crippen molar-refractivity contribution < 1.29 is 24.2 Å². The van der Waals surface area contributed by atoms with Gasteiger partial charge in [-0.3, -0.25) is 9.59 Å². The van der Waals surface area contributed by atoms with Crippen LogP contribution >= 0.6 is 0 Å². The molecule has 0 aliphatic carbocycles. The van der Waals surface area contributed by atoms with Crippen molar-refractivity contribution in [3.05, 3.63) is 60.8 Å². The Balaban J connectivity index is 3.59. The second-order valence-corrected chi connectivity index (χ2v) is 13.0. The number of rotatable bonds is 35. The summed E-state index contributed by atoms with van der Waals surface area (Å²) in [6.45, 7) is 3.98. The number of carbonyl (C=O) groups is 2. The van der Waals surface area contributed by atoms with Gasteiger partial charge in [0.25, 0.3) is 0 Å². The minimum absolute atomic E-state index is 0.0771. The molecule has 0 heterocycles. The summed E-state index contributed by atoms with van der Waals surface area (Å²) in [6.07, 6.45) is 49.9. The van der Waals surface area contributed by atoms with Crippen LogP contribution in [0.2, 0.25) is 0 Å². The van der Waals surface area contributed by atoms with Crippen molar-refractivity contribution in [3.63, 3.8) is 0 Å². The van der Waals surface area contributed by atoms with Crippen molar-refractivity contribution in [2.24, 2.45) is 0 Å². The van der Waals surface area contributed by atoms with Crippen LogP contribution < -0.4 is 0 Å². The maximum Gasteiger partial charge on any atom is 0.306 e. The Morgan fingerprint density at radius 3 is 1.35 bits per heavy atom. The first kappa shape index (κ1) is 45.6. The molecule has 0 aliphatic rings. The van der Waals surface area contributed by atoms with E-state index in [9.17, 15) is 14.7 Å². The summed E-state index contributed by atoms with van der Waals surface area (Å²) >= 11 is 0. The lowest BCUT2D eigenvalue weighted by atomic mass is 10.1. The van der Waals surface area contributed by atoms with Crippen molar-refractivity contribution in [2.45, 2.75) is 187 Å². The molecule has 276 valence electrons. The number of hydrogen-bond donors (Lipinski definition) is 1. The lowest BCUT2D eigenvalue weighted by molar-refractivity contribution is -0.161. The summed E-state index contributed by atoms with van der Waals surface area (Å²) in [7, 11) is 0. The molecule has 0 aromatic carbocycles. The predicted octanol–water partition coefficient (Wildman–Crippen LogP) is 12.4. The van der Waals surface area contributed by atoms with Gasteiger partial charge in [0.15, 0.2) is 6.10 Å². The van der Waals surface area contributed by atoms with E-state index >= 15 is 0 Å². The highest BCUT2D eigenvalue weighted by Gasteiger charge is 2.16. The summed E-state index contributed by atoms with van der Waals surface area (Å²) < 4.78 is 10.6. The Labute approximate surface area is 296 Å². The molecule has 0 fully saturated rings. The summed E-state index contributed by atoms with van der Waals surface area (Å²) in [4.78, 5) is 24.3. The van der Waals surface area contributed by atoms with Gasteiger partial charge < -0.3 is 14.6 Å². The zero-order valence-corrected chi connectivity index (χ0v) is 31.2. The van der Waals surface area contributed by atoms with Crippen molar-refractivity contribution >= 4 is 11.9 Å². The molecule has 0 bridgehead atoms. The summed E-state index contributed by atoms with van der Waals surface area (Å²) in [6, 6.07) is 0. The van der Waals surface area contributed by atoms with E-state index in [1.165, 1.54) is 77.0 Å². The van der Waals surface area contributed by atoms with Gasteiger partial charge in [-0.05, 0) is 77.0 Å². The number of hydrogen-bond acceptors (Lipinski definition) is 5. The Hall–Kier alpha value is -2.40. The van der Waals surface area contributed by atoms with Gasteiger partial charge in [-0.25, -0.2) is 0 Å². The molecule has 1 atom stereocenters. The molecule has 0 radical (unpaired) electrons. The number of allylic oxidation sites excluding steroid dienone is 10. The fourth-order valence-corrected chi connectivity index (χ4v) is 5.30. The molecule has 5 heteroatoms. The van der Waals surface area contributed by atoms with Gasteiger partial charge in [0, 0.05) is 12.8 Å². The molecule has 1 N–H and O–H groups in total. The molecule has 0 amide bonds. The van der Waals surface area contributed by atoms with Crippen LogP contribution in [0, 0.1) is 0 Å². The van der Waals surface area contributed by atoms with Crippen LogP contribution in [-0.2, 0) is 19.1 Å². The highest BCUT2D eigenvalue weighted by Crippen LogP contribution is 2.13. The fourth-order valence-electron chi connectivity index (χ4n) is 5.30. The Morgan fingerprint density at radius 2 is 0.896 bits per heavy atom. The van der Waals surface area contributed by atoms with Gasteiger partial charge in [-0.2, -0.15) is 0 Å². The van der Waals surface area contributed by atoms with Crippen molar-refractivity contribution in [2.75, 3.05) is 13.2 Å². The van der Waals surface area contributed by atoms with Crippen molar-refractivity contribution in [1.82, 2.24) is 0 Å². The second kappa shape index (κ2) is 39.0. The van der Waals surface area contributed by atoms with Crippen LogP contribution in [-0.4, -0.2) is 36.4 Å². The predicted molar refractivity (Wildman–Crippen MR) is 205 cm³/mol. The normalized spacial score (nSPS) is 12.8. The number of aliphatic hydroxyl groups excluding tert-OH is 1. The quantitative estimate of drug-likeness (QED) is 0.0413. The minimum atomic E-state index is -0.783. The van der Waals surface area contributed by atoms with Crippen LogP contribution in [0.1, 0.15) is 181 Å². The Kier molecular flexibility index (Phi) is 37.1. The lowest BCUT2D eigenvalue weighted by Crippen LogP contribution is -2.28.